The minimum absolute atomic E-state index is 0.00348. The number of methoxy groups -OCH3 is 1. The second kappa shape index (κ2) is 5.91. The van der Waals surface area contributed by atoms with E-state index in [-0.39, 0.29) is 11.7 Å². The Kier molecular flexibility index (Phi) is 4.37. The van der Waals surface area contributed by atoms with Crippen LogP contribution in [-0.4, -0.2) is 49.3 Å². The molecule has 4 nitrogen and oxygen atoms in total. The van der Waals surface area contributed by atoms with Crippen LogP contribution in [0.3, 0.4) is 0 Å². The van der Waals surface area contributed by atoms with Crippen LogP contribution in [-0.2, 0) is 14.2 Å². The lowest BCUT2D eigenvalue weighted by Crippen LogP contribution is -2.57. The van der Waals surface area contributed by atoms with Crippen LogP contribution in [0.25, 0.3) is 0 Å². The van der Waals surface area contributed by atoms with Gasteiger partial charge in [-0.15, -0.1) is 0 Å². The Morgan fingerprint density at radius 1 is 1.05 bits per heavy atom. The number of hydrogen-bond donors (Lipinski definition) is 1. The summed E-state index contributed by atoms with van der Waals surface area (Å²) in [5, 5.41) is 11.3. The van der Waals surface area contributed by atoms with Crippen molar-refractivity contribution >= 4 is 0 Å². The SMILES string of the molecule is COC1CCCCC1(O)C1CCOC2(CCOCC2)C1. The van der Waals surface area contributed by atoms with Gasteiger partial charge in [0.25, 0.3) is 0 Å². The van der Waals surface area contributed by atoms with Crippen LogP contribution >= 0.6 is 0 Å². The maximum Gasteiger partial charge on any atom is 0.0937 e. The predicted octanol–water partition coefficient (Wildman–Crippen LogP) is 2.28. The summed E-state index contributed by atoms with van der Waals surface area (Å²) in [6, 6.07) is 0. The molecule has 0 radical (unpaired) electrons. The molecular weight excluding hydrogens is 256 g/mol. The molecule has 2 aliphatic heterocycles. The molecule has 3 aliphatic rings. The van der Waals surface area contributed by atoms with E-state index in [4.69, 9.17) is 14.2 Å². The summed E-state index contributed by atoms with van der Waals surface area (Å²) in [6.07, 6.45) is 8.01. The van der Waals surface area contributed by atoms with Gasteiger partial charge in [0.1, 0.15) is 0 Å². The first-order chi connectivity index (χ1) is 9.69. The van der Waals surface area contributed by atoms with Gasteiger partial charge in [0, 0.05) is 26.9 Å². The topological polar surface area (TPSA) is 47.9 Å². The molecule has 1 spiro atoms. The van der Waals surface area contributed by atoms with Gasteiger partial charge in [0.2, 0.25) is 0 Å². The lowest BCUT2D eigenvalue weighted by Gasteiger charge is -2.51. The van der Waals surface area contributed by atoms with Crippen molar-refractivity contribution in [1.29, 1.82) is 0 Å². The standard InChI is InChI=1S/C16H28O4/c1-18-14-4-2-3-6-16(14,17)13-5-9-20-15(12-13)7-10-19-11-8-15/h13-14,17H,2-12H2,1H3. The zero-order valence-electron chi connectivity index (χ0n) is 12.6. The van der Waals surface area contributed by atoms with Crippen molar-refractivity contribution in [2.45, 2.75) is 68.7 Å². The first kappa shape index (κ1) is 14.8. The molecule has 3 atom stereocenters. The highest BCUT2D eigenvalue weighted by molar-refractivity contribution is 5.01. The fraction of sp³-hybridized carbons (Fsp3) is 1.00. The molecule has 1 aliphatic carbocycles. The van der Waals surface area contributed by atoms with Crippen LogP contribution in [0, 0.1) is 5.92 Å². The Labute approximate surface area is 121 Å². The zero-order valence-corrected chi connectivity index (χ0v) is 12.6. The first-order valence-electron chi connectivity index (χ1n) is 8.15. The third-order valence-corrected chi connectivity index (χ3v) is 5.74. The van der Waals surface area contributed by atoms with Gasteiger partial charge >= 0.3 is 0 Å². The Bertz CT molecular complexity index is 321. The third-order valence-electron chi connectivity index (χ3n) is 5.74. The normalized spacial score (nSPS) is 41.7. The minimum atomic E-state index is -0.651. The maximum absolute atomic E-state index is 11.3. The van der Waals surface area contributed by atoms with E-state index in [1.54, 1.807) is 7.11 Å². The highest BCUT2D eigenvalue weighted by Gasteiger charge is 2.50. The lowest BCUT2D eigenvalue weighted by atomic mass is 9.66. The summed E-state index contributed by atoms with van der Waals surface area (Å²) in [4.78, 5) is 0. The van der Waals surface area contributed by atoms with E-state index in [9.17, 15) is 5.11 Å². The monoisotopic (exact) mass is 284 g/mol. The van der Waals surface area contributed by atoms with Crippen molar-refractivity contribution in [2.24, 2.45) is 5.92 Å². The molecule has 20 heavy (non-hydrogen) atoms. The Balaban J connectivity index is 1.74. The van der Waals surface area contributed by atoms with Crippen LogP contribution in [0.1, 0.15) is 51.4 Å². The molecule has 1 saturated carbocycles. The van der Waals surface area contributed by atoms with Gasteiger partial charge in [-0.1, -0.05) is 12.8 Å². The summed E-state index contributed by atoms with van der Waals surface area (Å²) in [7, 11) is 1.74. The largest absolute Gasteiger partial charge is 0.387 e. The molecule has 3 rings (SSSR count). The molecule has 3 unspecified atom stereocenters. The summed E-state index contributed by atoms with van der Waals surface area (Å²) >= 11 is 0. The molecule has 0 aromatic heterocycles. The Morgan fingerprint density at radius 2 is 1.85 bits per heavy atom. The van der Waals surface area contributed by atoms with Gasteiger partial charge in [-0.3, -0.25) is 0 Å². The molecule has 3 fully saturated rings. The van der Waals surface area contributed by atoms with Crippen LogP contribution < -0.4 is 0 Å². The van der Waals surface area contributed by atoms with Crippen LogP contribution in [0.5, 0.6) is 0 Å². The Hall–Kier alpha value is -0.160. The number of aliphatic hydroxyl groups is 1. The van der Waals surface area contributed by atoms with Crippen molar-refractivity contribution < 1.29 is 19.3 Å². The first-order valence-corrected chi connectivity index (χ1v) is 8.15. The van der Waals surface area contributed by atoms with Gasteiger partial charge in [0.15, 0.2) is 0 Å². The molecule has 116 valence electrons. The fourth-order valence-corrected chi connectivity index (χ4v) is 4.48. The molecule has 0 bridgehead atoms. The second-order valence-corrected chi connectivity index (χ2v) is 6.79. The molecule has 0 aromatic rings. The van der Waals surface area contributed by atoms with Crippen molar-refractivity contribution in [2.75, 3.05) is 26.9 Å². The van der Waals surface area contributed by atoms with E-state index in [0.29, 0.717) is 5.92 Å². The molecule has 2 saturated heterocycles. The lowest BCUT2D eigenvalue weighted by molar-refractivity contribution is -0.208. The Morgan fingerprint density at radius 3 is 2.60 bits per heavy atom. The molecule has 4 heteroatoms. The van der Waals surface area contributed by atoms with Gasteiger partial charge in [0.05, 0.1) is 17.3 Å². The summed E-state index contributed by atoms with van der Waals surface area (Å²) in [5.41, 5.74) is -0.700. The smallest absolute Gasteiger partial charge is 0.0937 e. The van der Waals surface area contributed by atoms with E-state index < -0.39 is 5.60 Å². The summed E-state index contributed by atoms with van der Waals surface area (Å²) in [6.45, 7) is 2.35. The quantitative estimate of drug-likeness (QED) is 0.845. The molecular formula is C16H28O4. The fourth-order valence-electron chi connectivity index (χ4n) is 4.48. The van der Waals surface area contributed by atoms with Crippen LogP contribution in [0.4, 0.5) is 0 Å². The summed E-state index contributed by atoms with van der Waals surface area (Å²) in [5.74, 6) is 0.305. The number of ether oxygens (including phenoxy) is 3. The van der Waals surface area contributed by atoms with Crippen LogP contribution in [0.15, 0.2) is 0 Å². The van der Waals surface area contributed by atoms with Gasteiger partial charge in [-0.2, -0.15) is 0 Å². The third kappa shape index (κ3) is 2.63. The van der Waals surface area contributed by atoms with Crippen molar-refractivity contribution in [3.8, 4) is 0 Å². The van der Waals surface area contributed by atoms with E-state index in [1.807, 2.05) is 0 Å². The van der Waals surface area contributed by atoms with Gasteiger partial charge in [-0.25, -0.2) is 0 Å². The van der Waals surface area contributed by atoms with E-state index in [1.165, 1.54) is 6.42 Å². The number of rotatable bonds is 2. The average molecular weight is 284 g/mol. The van der Waals surface area contributed by atoms with Crippen molar-refractivity contribution in [1.82, 2.24) is 0 Å². The molecule has 1 N–H and O–H groups in total. The minimum Gasteiger partial charge on any atom is -0.387 e. The number of hydrogen-bond acceptors (Lipinski definition) is 4. The molecule has 0 aromatic carbocycles. The molecule has 0 amide bonds. The second-order valence-electron chi connectivity index (χ2n) is 6.79. The highest BCUT2D eigenvalue weighted by atomic mass is 16.5. The van der Waals surface area contributed by atoms with Crippen LogP contribution in [0.2, 0.25) is 0 Å². The molecule has 2 heterocycles. The van der Waals surface area contributed by atoms with Gasteiger partial charge in [-0.05, 0) is 44.4 Å². The zero-order chi connectivity index (χ0) is 14.1. The predicted molar refractivity (Wildman–Crippen MR) is 75.7 cm³/mol. The van der Waals surface area contributed by atoms with E-state index in [2.05, 4.69) is 0 Å². The maximum atomic E-state index is 11.3. The van der Waals surface area contributed by atoms with E-state index in [0.717, 1.165) is 64.8 Å². The van der Waals surface area contributed by atoms with Crippen molar-refractivity contribution in [3.63, 3.8) is 0 Å². The highest BCUT2D eigenvalue weighted by Crippen LogP contribution is 2.46. The van der Waals surface area contributed by atoms with Gasteiger partial charge < -0.3 is 19.3 Å². The van der Waals surface area contributed by atoms with Crippen molar-refractivity contribution in [3.05, 3.63) is 0 Å². The summed E-state index contributed by atoms with van der Waals surface area (Å²) < 4.78 is 17.2. The average Bonchev–Trinajstić information content (AvgIpc) is 2.48. The van der Waals surface area contributed by atoms with E-state index >= 15 is 0 Å².